The number of ether oxygens (including phenoxy) is 1. The number of hydrogen-bond donors (Lipinski definition) is 1. The lowest BCUT2D eigenvalue weighted by molar-refractivity contribution is -0.122. The predicted molar refractivity (Wildman–Crippen MR) is 145 cm³/mol. The summed E-state index contributed by atoms with van der Waals surface area (Å²) in [7, 11) is -2.98. The van der Waals surface area contributed by atoms with Gasteiger partial charge in [-0.2, -0.15) is 8.42 Å². The average molecular weight is 661 g/mol. The van der Waals surface area contributed by atoms with Crippen LogP contribution in [-0.2, 0) is 19.7 Å². The number of halogens is 4. The van der Waals surface area contributed by atoms with E-state index in [0.29, 0.717) is 5.02 Å². The first-order chi connectivity index (χ1) is 17.9. The number of urea groups is 1. The number of methoxy groups -OCH3 is 1. The number of barbiturate groups is 1. The molecule has 0 spiro atoms. The first kappa shape index (κ1) is 27.9. The van der Waals surface area contributed by atoms with E-state index >= 15 is 0 Å². The zero-order valence-electron chi connectivity index (χ0n) is 19.0. The second-order valence-corrected chi connectivity index (χ2v) is 11.2. The third kappa shape index (κ3) is 5.67. The minimum absolute atomic E-state index is 0.0233. The highest BCUT2D eigenvalue weighted by molar-refractivity contribution is 9.10. The Morgan fingerprint density at radius 3 is 2.26 bits per heavy atom. The maximum absolute atomic E-state index is 13.2. The number of benzene rings is 3. The maximum atomic E-state index is 13.2. The highest BCUT2D eigenvalue weighted by Gasteiger charge is 2.37. The van der Waals surface area contributed by atoms with Crippen molar-refractivity contribution in [3.05, 3.63) is 85.3 Å². The van der Waals surface area contributed by atoms with Crippen molar-refractivity contribution in [1.29, 1.82) is 0 Å². The number of nitrogens with zero attached hydrogens (tertiary/aromatic N) is 1. The largest absolute Gasteiger partial charge is 0.493 e. The molecule has 0 radical (unpaired) electrons. The molecule has 0 unspecified atom stereocenters. The molecule has 38 heavy (non-hydrogen) atoms. The lowest BCUT2D eigenvalue weighted by Gasteiger charge is -2.26. The third-order valence-corrected chi connectivity index (χ3v) is 7.94. The fourth-order valence-electron chi connectivity index (χ4n) is 3.35. The Balaban J connectivity index is 1.70. The molecule has 1 saturated heterocycles. The Hall–Kier alpha value is -3.09. The van der Waals surface area contributed by atoms with E-state index in [1.165, 1.54) is 67.8 Å². The van der Waals surface area contributed by atoms with Gasteiger partial charge in [0.15, 0.2) is 11.5 Å². The quantitative estimate of drug-likeness (QED) is 0.200. The Labute approximate surface area is 240 Å². The van der Waals surface area contributed by atoms with E-state index in [-0.39, 0.29) is 47.7 Å². The van der Waals surface area contributed by atoms with E-state index in [1.54, 1.807) is 0 Å². The summed E-state index contributed by atoms with van der Waals surface area (Å²) < 4.78 is 36.3. The van der Waals surface area contributed by atoms with Crippen molar-refractivity contribution in [3.63, 3.8) is 0 Å². The molecule has 1 aliphatic heterocycles. The third-order valence-electron chi connectivity index (χ3n) is 5.12. The molecule has 14 heteroatoms. The minimum atomic E-state index is -4.26. The Bertz CT molecular complexity index is 1630. The monoisotopic (exact) mass is 658 g/mol. The lowest BCUT2D eigenvalue weighted by Crippen LogP contribution is -2.54. The minimum Gasteiger partial charge on any atom is -0.493 e. The number of imide groups is 2. The number of rotatable bonds is 6. The molecule has 0 bridgehead atoms. The van der Waals surface area contributed by atoms with Crippen LogP contribution in [0.25, 0.3) is 6.08 Å². The molecule has 3 aromatic carbocycles. The smallest absolute Gasteiger partial charge is 0.339 e. The summed E-state index contributed by atoms with van der Waals surface area (Å²) in [6, 6.07) is 11.3. The lowest BCUT2D eigenvalue weighted by atomic mass is 10.1. The van der Waals surface area contributed by atoms with Crippen LogP contribution < -0.4 is 19.1 Å². The van der Waals surface area contributed by atoms with Crippen LogP contribution in [0.2, 0.25) is 15.1 Å². The molecule has 1 heterocycles. The zero-order chi connectivity index (χ0) is 27.8. The summed E-state index contributed by atoms with van der Waals surface area (Å²) in [5, 5.41) is 2.76. The van der Waals surface area contributed by atoms with Crippen LogP contribution in [0.1, 0.15) is 5.56 Å². The summed E-state index contributed by atoms with van der Waals surface area (Å²) in [6.07, 6.45) is 1.21. The van der Waals surface area contributed by atoms with E-state index in [1.807, 2.05) is 0 Å². The van der Waals surface area contributed by atoms with Crippen molar-refractivity contribution in [2.24, 2.45) is 0 Å². The normalized spacial score (nSPS) is 15.0. The highest BCUT2D eigenvalue weighted by atomic mass is 79.9. The average Bonchev–Trinajstić information content (AvgIpc) is 2.85. The zero-order valence-corrected chi connectivity index (χ0v) is 23.7. The Morgan fingerprint density at radius 2 is 1.63 bits per heavy atom. The molecule has 3 aromatic rings. The van der Waals surface area contributed by atoms with Crippen LogP contribution in [0.3, 0.4) is 0 Å². The molecular formula is C24H14BrCl3N2O7S. The second-order valence-electron chi connectivity index (χ2n) is 7.58. The first-order valence-electron chi connectivity index (χ1n) is 10.4. The van der Waals surface area contributed by atoms with Crippen LogP contribution in [-0.4, -0.2) is 33.4 Å². The van der Waals surface area contributed by atoms with Crippen LogP contribution in [0.4, 0.5) is 10.5 Å². The fraction of sp³-hybridized carbons (Fsp3) is 0.0417. The molecule has 0 aromatic heterocycles. The van der Waals surface area contributed by atoms with Gasteiger partial charge in [0.05, 0.1) is 27.3 Å². The van der Waals surface area contributed by atoms with Gasteiger partial charge >= 0.3 is 16.1 Å². The first-order valence-corrected chi connectivity index (χ1v) is 13.7. The molecule has 196 valence electrons. The van der Waals surface area contributed by atoms with Gasteiger partial charge in [0.1, 0.15) is 10.5 Å². The van der Waals surface area contributed by atoms with Crippen LogP contribution in [0.5, 0.6) is 11.5 Å². The number of nitrogens with one attached hydrogen (secondary N) is 1. The van der Waals surface area contributed by atoms with Crippen molar-refractivity contribution in [2.45, 2.75) is 4.90 Å². The van der Waals surface area contributed by atoms with E-state index in [9.17, 15) is 22.8 Å². The Kier molecular flexibility index (Phi) is 8.05. The van der Waals surface area contributed by atoms with Crippen LogP contribution in [0.15, 0.2) is 69.5 Å². The molecule has 0 saturated carbocycles. The number of hydrogen-bond acceptors (Lipinski definition) is 7. The molecule has 1 fully saturated rings. The Morgan fingerprint density at radius 1 is 0.947 bits per heavy atom. The summed E-state index contributed by atoms with van der Waals surface area (Å²) in [4.78, 5) is 38.7. The summed E-state index contributed by atoms with van der Waals surface area (Å²) >= 11 is 21.0. The van der Waals surface area contributed by atoms with E-state index in [0.717, 1.165) is 4.90 Å². The molecule has 4 amide bonds. The maximum Gasteiger partial charge on any atom is 0.339 e. The van der Waals surface area contributed by atoms with Gasteiger partial charge in [-0.3, -0.25) is 14.9 Å². The standard InChI is InChI=1S/C24H14BrCl3N2O7S/c1-36-20-10-12(9-17(25)21(20)37-38(34,35)15-5-2-13(26)3-6-15)8-16-22(31)29-24(33)30(23(16)32)14-4-7-18(27)19(28)11-14/h2-11H,1H3,(H,29,31,33)/b16-8+. The molecule has 0 aliphatic carbocycles. The number of carbonyl (C=O) groups is 3. The van der Waals surface area contributed by atoms with Gasteiger partial charge < -0.3 is 8.92 Å². The van der Waals surface area contributed by atoms with E-state index in [2.05, 4.69) is 21.2 Å². The number of anilines is 1. The van der Waals surface area contributed by atoms with Gasteiger partial charge in [0.25, 0.3) is 11.8 Å². The van der Waals surface area contributed by atoms with Crippen molar-refractivity contribution in [3.8, 4) is 11.5 Å². The van der Waals surface area contributed by atoms with E-state index < -0.39 is 28.0 Å². The molecule has 1 N–H and O–H groups in total. The molecule has 9 nitrogen and oxygen atoms in total. The van der Waals surface area contributed by atoms with Crippen molar-refractivity contribution >= 4 is 90.5 Å². The topological polar surface area (TPSA) is 119 Å². The summed E-state index contributed by atoms with van der Waals surface area (Å²) in [5.41, 5.74) is -0.0331. The van der Waals surface area contributed by atoms with Gasteiger partial charge in [-0.25, -0.2) is 9.69 Å². The molecule has 1 aliphatic rings. The van der Waals surface area contributed by atoms with Crippen molar-refractivity contribution in [2.75, 3.05) is 12.0 Å². The van der Waals surface area contributed by atoms with Crippen molar-refractivity contribution < 1.29 is 31.7 Å². The highest BCUT2D eigenvalue weighted by Crippen LogP contribution is 2.39. The predicted octanol–water partition coefficient (Wildman–Crippen LogP) is 5.85. The van der Waals surface area contributed by atoms with Gasteiger partial charge in [-0.1, -0.05) is 34.8 Å². The van der Waals surface area contributed by atoms with E-state index in [4.69, 9.17) is 43.7 Å². The van der Waals surface area contributed by atoms with Crippen molar-refractivity contribution in [1.82, 2.24) is 5.32 Å². The molecule has 0 atom stereocenters. The van der Waals surface area contributed by atoms with Gasteiger partial charge in [0, 0.05) is 5.02 Å². The van der Waals surface area contributed by atoms with Gasteiger partial charge in [-0.15, -0.1) is 0 Å². The summed E-state index contributed by atoms with van der Waals surface area (Å²) in [5.74, 6) is -2.05. The molecular weight excluding hydrogens is 647 g/mol. The SMILES string of the molecule is COc1cc(/C=C2\C(=O)NC(=O)N(c3ccc(Cl)c(Cl)c3)C2=O)cc(Br)c1OS(=O)(=O)c1ccc(Cl)cc1. The van der Waals surface area contributed by atoms with Gasteiger partial charge in [0.2, 0.25) is 0 Å². The second kappa shape index (κ2) is 11.0. The summed E-state index contributed by atoms with van der Waals surface area (Å²) in [6.45, 7) is 0. The fourth-order valence-corrected chi connectivity index (χ4v) is 5.37. The number of amides is 4. The molecule has 4 rings (SSSR count). The van der Waals surface area contributed by atoms with Crippen LogP contribution in [0, 0.1) is 0 Å². The van der Waals surface area contributed by atoms with Crippen LogP contribution >= 0.6 is 50.7 Å². The van der Waals surface area contributed by atoms with Gasteiger partial charge in [-0.05, 0) is 82.2 Å². The number of carbonyl (C=O) groups excluding carboxylic acids is 3.